The molecule has 0 heterocycles. The predicted molar refractivity (Wildman–Crippen MR) is 82.3 cm³/mol. The summed E-state index contributed by atoms with van der Waals surface area (Å²) < 4.78 is 0. The van der Waals surface area contributed by atoms with E-state index in [-0.39, 0.29) is 0 Å². The Morgan fingerprint density at radius 1 is 0.947 bits per heavy atom. The SMILES string of the molecule is Clc1cccc(NC2CC(c3ccccc3Cl)C2)c1. The van der Waals surface area contributed by atoms with Crippen molar-refractivity contribution in [3.63, 3.8) is 0 Å². The monoisotopic (exact) mass is 291 g/mol. The summed E-state index contributed by atoms with van der Waals surface area (Å²) in [7, 11) is 0. The first-order valence-corrected chi connectivity index (χ1v) is 7.24. The largest absolute Gasteiger partial charge is 0.382 e. The number of anilines is 1. The van der Waals surface area contributed by atoms with Crippen LogP contribution in [0.2, 0.25) is 10.0 Å². The standard InChI is InChI=1S/C16H15Cl2N/c17-12-4-3-5-13(10-12)19-14-8-11(9-14)15-6-1-2-7-16(15)18/h1-7,10-11,14,19H,8-9H2. The second kappa shape index (κ2) is 5.44. The fourth-order valence-corrected chi connectivity index (χ4v) is 3.09. The highest BCUT2D eigenvalue weighted by molar-refractivity contribution is 6.31. The normalized spacial score (nSPS) is 21.8. The van der Waals surface area contributed by atoms with Gasteiger partial charge in [-0.1, -0.05) is 47.5 Å². The molecule has 2 aromatic rings. The average Bonchev–Trinajstić information content (AvgIpc) is 2.35. The van der Waals surface area contributed by atoms with Gasteiger partial charge in [0, 0.05) is 21.8 Å². The lowest BCUT2D eigenvalue weighted by atomic mass is 9.76. The van der Waals surface area contributed by atoms with Gasteiger partial charge in [0.1, 0.15) is 0 Å². The molecule has 0 atom stereocenters. The minimum absolute atomic E-state index is 0.514. The van der Waals surface area contributed by atoms with E-state index < -0.39 is 0 Å². The zero-order valence-electron chi connectivity index (χ0n) is 10.4. The summed E-state index contributed by atoms with van der Waals surface area (Å²) >= 11 is 12.2. The summed E-state index contributed by atoms with van der Waals surface area (Å²) in [5, 5.41) is 5.16. The predicted octanol–water partition coefficient (Wildman–Crippen LogP) is 5.35. The van der Waals surface area contributed by atoms with Crippen LogP contribution in [-0.4, -0.2) is 6.04 Å². The third-order valence-electron chi connectivity index (χ3n) is 3.68. The number of nitrogens with one attached hydrogen (secondary N) is 1. The van der Waals surface area contributed by atoms with Crippen LogP contribution in [0.15, 0.2) is 48.5 Å². The lowest BCUT2D eigenvalue weighted by Crippen LogP contribution is -2.34. The molecule has 0 amide bonds. The molecule has 1 nitrogen and oxygen atoms in total. The van der Waals surface area contributed by atoms with Gasteiger partial charge in [0.05, 0.1) is 0 Å². The summed E-state index contributed by atoms with van der Waals surface area (Å²) in [6, 6.07) is 16.5. The van der Waals surface area contributed by atoms with E-state index in [2.05, 4.69) is 23.5 Å². The molecule has 1 saturated carbocycles. The Labute approximate surface area is 123 Å². The first kappa shape index (κ1) is 12.8. The molecule has 0 bridgehead atoms. The van der Waals surface area contributed by atoms with Crippen molar-refractivity contribution in [2.24, 2.45) is 0 Å². The molecule has 2 aromatic carbocycles. The zero-order chi connectivity index (χ0) is 13.2. The highest BCUT2D eigenvalue weighted by Crippen LogP contribution is 2.41. The van der Waals surface area contributed by atoms with Crippen LogP contribution in [0.25, 0.3) is 0 Å². The topological polar surface area (TPSA) is 12.0 Å². The molecule has 0 aromatic heterocycles. The Hall–Kier alpha value is -1.18. The van der Waals surface area contributed by atoms with E-state index in [0.29, 0.717) is 12.0 Å². The molecule has 1 aliphatic carbocycles. The summed E-state index contributed by atoms with van der Waals surface area (Å²) in [6.07, 6.45) is 2.24. The highest BCUT2D eigenvalue weighted by atomic mass is 35.5. The molecular formula is C16H15Cl2N. The lowest BCUT2D eigenvalue weighted by molar-refractivity contribution is 0.374. The Bertz CT molecular complexity index is 576. The molecule has 98 valence electrons. The quantitative estimate of drug-likeness (QED) is 0.804. The van der Waals surface area contributed by atoms with Gasteiger partial charge in [-0.15, -0.1) is 0 Å². The van der Waals surface area contributed by atoms with Crippen LogP contribution in [0.4, 0.5) is 5.69 Å². The third-order valence-corrected chi connectivity index (χ3v) is 4.26. The maximum absolute atomic E-state index is 6.22. The molecule has 0 spiro atoms. The second-order valence-corrected chi connectivity index (χ2v) is 5.89. The van der Waals surface area contributed by atoms with E-state index >= 15 is 0 Å². The molecule has 1 aliphatic rings. The summed E-state index contributed by atoms with van der Waals surface area (Å²) in [5.41, 5.74) is 2.36. The Balaban J connectivity index is 1.60. The van der Waals surface area contributed by atoms with Crippen molar-refractivity contribution in [2.75, 3.05) is 5.32 Å². The van der Waals surface area contributed by atoms with Gasteiger partial charge >= 0.3 is 0 Å². The smallest absolute Gasteiger partial charge is 0.0440 e. The van der Waals surface area contributed by atoms with Crippen molar-refractivity contribution >= 4 is 28.9 Å². The van der Waals surface area contributed by atoms with Gasteiger partial charge in [-0.2, -0.15) is 0 Å². The van der Waals surface area contributed by atoms with Crippen LogP contribution in [0.1, 0.15) is 24.3 Å². The van der Waals surface area contributed by atoms with Crippen molar-refractivity contribution in [2.45, 2.75) is 24.8 Å². The van der Waals surface area contributed by atoms with E-state index in [1.165, 1.54) is 5.56 Å². The van der Waals surface area contributed by atoms with Crippen molar-refractivity contribution < 1.29 is 0 Å². The minimum atomic E-state index is 0.514. The van der Waals surface area contributed by atoms with E-state index in [1.807, 2.05) is 30.3 Å². The molecule has 0 radical (unpaired) electrons. The maximum atomic E-state index is 6.22. The van der Waals surface area contributed by atoms with Crippen LogP contribution in [0.5, 0.6) is 0 Å². The molecule has 1 fully saturated rings. The molecule has 0 saturated heterocycles. The molecule has 3 rings (SSSR count). The summed E-state index contributed by atoms with van der Waals surface area (Å²) in [5.74, 6) is 0.574. The number of rotatable bonds is 3. The molecule has 0 aliphatic heterocycles. The van der Waals surface area contributed by atoms with Gasteiger partial charge in [0.2, 0.25) is 0 Å². The Morgan fingerprint density at radius 3 is 2.47 bits per heavy atom. The van der Waals surface area contributed by atoms with Gasteiger partial charge in [0.25, 0.3) is 0 Å². The number of hydrogen-bond donors (Lipinski definition) is 1. The van der Waals surface area contributed by atoms with Crippen LogP contribution in [0.3, 0.4) is 0 Å². The zero-order valence-corrected chi connectivity index (χ0v) is 12.0. The first-order valence-electron chi connectivity index (χ1n) is 6.49. The van der Waals surface area contributed by atoms with Crippen LogP contribution in [-0.2, 0) is 0 Å². The van der Waals surface area contributed by atoms with Crippen LogP contribution in [0, 0.1) is 0 Å². The Kier molecular flexibility index (Phi) is 3.67. The van der Waals surface area contributed by atoms with Gasteiger partial charge in [-0.3, -0.25) is 0 Å². The van der Waals surface area contributed by atoms with E-state index in [4.69, 9.17) is 23.2 Å². The van der Waals surface area contributed by atoms with Crippen molar-refractivity contribution in [1.82, 2.24) is 0 Å². The number of halogens is 2. The van der Waals surface area contributed by atoms with Gasteiger partial charge in [-0.05, 0) is 48.6 Å². The van der Waals surface area contributed by atoms with Gasteiger partial charge < -0.3 is 5.32 Å². The summed E-state index contributed by atoms with van der Waals surface area (Å²) in [4.78, 5) is 0. The van der Waals surface area contributed by atoms with Crippen LogP contribution >= 0.6 is 23.2 Å². The maximum Gasteiger partial charge on any atom is 0.0440 e. The number of benzene rings is 2. The summed E-state index contributed by atoms with van der Waals surface area (Å²) in [6.45, 7) is 0. The Morgan fingerprint density at radius 2 is 1.74 bits per heavy atom. The first-order chi connectivity index (χ1) is 9.22. The molecule has 3 heteroatoms. The third kappa shape index (κ3) is 2.88. The van der Waals surface area contributed by atoms with E-state index in [0.717, 1.165) is 28.6 Å². The lowest BCUT2D eigenvalue weighted by Gasteiger charge is -2.37. The van der Waals surface area contributed by atoms with Crippen molar-refractivity contribution in [3.05, 3.63) is 64.1 Å². The average molecular weight is 292 g/mol. The second-order valence-electron chi connectivity index (χ2n) is 5.04. The fraction of sp³-hybridized carbons (Fsp3) is 0.250. The van der Waals surface area contributed by atoms with E-state index in [9.17, 15) is 0 Å². The molecule has 1 N–H and O–H groups in total. The molecule has 19 heavy (non-hydrogen) atoms. The van der Waals surface area contributed by atoms with Crippen molar-refractivity contribution in [1.29, 1.82) is 0 Å². The van der Waals surface area contributed by atoms with Crippen LogP contribution < -0.4 is 5.32 Å². The fourth-order valence-electron chi connectivity index (χ4n) is 2.61. The van der Waals surface area contributed by atoms with Gasteiger partial charge in [0.15, 0.2) is 0 Å². The minimum Gasteiger partial charge on any atom is -0.382 e. The highest BCUT2D eigenvalue weighted by Gasteiger charge is 2.31. The van der Waals surface area contributed by atoms with Crippen molar-refractivity contribution in [3.8, 4) is 0 Å². The molecule has 0 unspecified atom stereocenters. The van der Waals surface area contributed by atoms with E-state index in [1.54, 1.807) is 0 Å². The number of hydrogen-bond acceptors (Lipinski definition) is 1. The van der Waals surface area contributed by atoms with Gasteiger partial charge in [-0.25, -0.2) is 0 Å². The molecular weight excluding hydrogens is 277 g/mol.